The number of hydrogen-bond donors (Lipinski definition) is 1. The van der Waals surface area contributed by atoms with Crippen molar-refractivity contribution in [1.82, 2.24) is 9.97 Å². The summed E-state index contributed by atoms with van der Waals surface area (Å²) >= 11 is 0. The van der Waals surface area contributed by atoms with Crippen LogP contribution in [0, 0.1) is 25.2 Å². The molecule has 1 aromatic carbocycles. The molecular formula is C16H13N3O. The maximum absolute atomic E-state index is 9.29. The number of hydrogen-bond acceptors (Lipinski definition) is 3. The Hall–Kier alpha value is -2.80. The fraction of sp³-hybridized carbons (Fsp3) is 0.125. The molecule has 2 heterocycles. The molecule has 0 bridgehead atoms. The van der Waals surface area contributed by atoms with Crippen molar-refractivity contribution in [2.45, 2.75) is 13.8 Å². The lowest BCUT2D eigenvalue weighted by molar-refractivity contribution is 0.557. The van der Waals surface area contributed by atoms with Gasteiger partial charge in [-0.15, -0.1) is 0 Å². The maximum atomic E-state index is 9.29. The Bertz CT molecular complexity index is 794. The predicted molar refractivity (Wildman–Crippen MR) is 77.8 cm³/mol. The number of fused-ring (bicyclic) bond motifs is 1. The molecule has 0 aliphatic heterocycles. The van der Waals surface area contributed by atoms with Gasteiger partial charge in [0.25, 0.3) is 0 Å². The molecule has 0 fully saturated rings. The van der Waals surface area contributed by atoms with Gasteiger partial charge in [-0.05, 0) is 49.2 Å². The minimum Gasteiger partial charge on any atom is -0.465 e. The van der Waals surface area contributed by atoms with E-state index in [9.17, 15) is 5.26 Å². The molecule has 0 atom stereocenters. The summed E-state index contributed by atoms with van der Waals surface area (Å²) in [4.78, 5) is 7.66. The van der Waals surface area contributed by atoms with E-state index in [-0.39, 0.29) is 0 Å². The number of imidazole rings is 1. The van der Waals surface area contributed by atoms with Crippen molar-refractivity contribution in [2.24, 2.45) is 0 Å². The number of nitrogens with zero attached hydrogens (tertiary/aromatic N) is 2. The fourth-order valence-corrected chi connectivity index (χ4v) is 2.07. The first-order valence-corrected chi connectivity index (χ1v) is 6.30. The number of nitrogens with one attached hydrogen (secondary N) is 1. The Balaban J connectivity index is 2.11. The summed E-state index contributed by atoms with van der Waals surface area (Å²) in [7, 11) is 0. The molecule has 0 saturated heterocycles. The van der Waals surface area contributed by atoms with Crippen LogP contribution in [0.5, 0.6) is 0 Å². The van der Waals surface area contributed by atoms with Gasteiger partial charge in [0, 0.05) is 6.08 Å². The van der Waals surface area contributed by atoms with Gasteiger partial charge in [0.1, 0.15) is 17.7 Å². The highest BCUT2D eigenvalue weighted by molar-refractivity contribution is 5.89. The monoisotopic (exact) mass is 263 g/mol. The van der Waals surface area contributed by atoms with Crippen molar-refractivity contribution >= 4 is 22.7 Å². The van der Waals surface area contributed by atoms with Crippen LogP contribution in [0.4, 0.5) is 0 Å². The molecule has 0 aliphatic rings. The number of benzene rings is 1. The topological polar surface area (TPSA) is 65.6 Å². The molecule has 3 aromatic rings. The molecule has 0 aliphatic carbocycles. The summed E-state index contributed by atoms with van der Waals surface area (Å²) in [6, 6.07) is 9.80. The second-order valence-corrected chi connectivity index (χ2v) is 4.72. The number of aromatic nitrogens is 2. The number of allylic oxidation sites excluding steroid dienone is 1. The van der Waals surface area contributed by atoms with Crippen molar-refractivity contribution in [1.29, 1.82) is 5.26 Å². The van der Waals surface area contributed by atoms with Crippen LogP contribution in [0.25, 0.3) is 22.7 Å². The van der Waals surface area contributed by atoms with Gasteiger partial charge in [-0.1, -0.05) is 0 Å². The highest BCUT2D eigenvalue weighted by Crippen LogP contribution is 2.21. The van der Waals surface area contributed by atoms with Crippen molar-refractivity contribution in [3.05, 3.63) is 53.2 Å². The molecule has 4 heteroatoms. The van der Waals surface area contributed by atoms with E-state index < -0.39 is 0 Å². The van der Waals surface area contributed by atoms with Crippen molar-refractivity contribution in [3.63, 3.8) is 0 Å². The number of furan rings is 1. The molecule has 4 nitrogen and oxygen atoms in total. The van der Waals surface area contributed by atoms with Crippen LogP contribution in [0.3, 0.4) is 0 Å². The summed E-state index contributed by atoms with van der Waals surface area (Å²) in [6.45, 7) is 4.10. The van der Waals surface area contributed by atoms with Gasteiger partial charge < -0.3 is 9.40 Å². The second-order valence-electron chi connectivity index (χ2n) is 4.72. The van der Waals surface area contributed by atoms with Crippen LogP contribution in [-0.4, -0.2) is 9.97 Å². The molecule has 20 heavy (non-hydrogen) atoms. The number of aromatic amines is 1. The number of H-pyrrole nitrogens is 1. The molecule has 98 valence electrons. The van der Waals surface area contributed by atoms with Gasteiger partial charge in [0.15, 0.2) is 0 Å². The standard InChI is InChI=1S/C16H13N3O/c1-10-6-14-15(7-11(10)2)19-16(18-14)12(9-17)8-13-4-3-5-20-13/h3-8H,1-2H3,(H,18,19)/b12-8+. The van der Waals surface area contributed by atoms with Gasteiger partial charge in [-0.2, -0.15) is 5.26 Å². The zero-order valence-corrected chi connectivity index (χ0v) is 11.3. The van der Waals surface area contributed by atoms with Crippen LogP contribution < -0.4 is 0 Å². The number of rotatable bonds is 2. The van der Waals surface area contributed by atoms with E-state index in [1.54, 1.807) is 24.5 Å². The van der Waals surface area contributed by atoms with E-state index in [1.165, 1.54) is 11.1 Å². The summed E-state index contributed by atoms with van der Waals surface area (Å²) in [5, 5.41) is 9.29. The van der Waals surface area contributed by atoms with Gasteiger partial charge >= 0.3 is 0 Å². The quantitative estimate of drug-likeness (QED) is 0.714. The zero-order chi connectivity index (χ0) is 14.1. The van der Waals surface area contributed by atoms with Crippen molar-refractivity contribution in [2.75, 3.05) is 0 Å². The first-order chi connectivity index (χ1) is 9.67. The smallest absolute Gasteiger partial charge is 0.149 e. The molecular weight excluding hydrogens is 250 g/mol. The Morgan fingerprint density at radius 1 is 1.35 bits per heavy atom. The predicted octanol–water partition coefficient (Wildman–Crippen LogP) is 3.84. The third-order valence-corrected chi connectivity index (χ3v) is 3.30. The van der Waals surface area contributed by atoms with Crippen LogP contribution >= 0.6 is 0 Å². The van der Waals surface area contributed by atoms with Crippen molar-refractivity contribution in [3.8, 4) is 6.07 Å². The Labute approximate surface area is 116 Å². The van der Waals surface area contributed by atoms with Crippen LogP contribution in [-0.2, 0) is 0 Å². The molecule has 1 N–H and O–H groups in total. The lowest BCUT2D eigenvalue weighted by atomic mass is 10.1. The lowest BCUT2D eigenvalue weighted by Gasteiger charge is -1.97. The fourth-order valence-electron chi connectivity index (χ4n) is 2.07. The summed E-state index contributed by atoms with van der Waals surface area (Å²) in [5.41, 5.74) is 4.63. The van der Waals surface area contributed by atoms with E-state index in [0.29, 0.717) is 17.2 Å². The Morgan fingerprint density at radius 3 is 2.85 bits per heavy atom. The van der Waals surface area contributed by atoms with E-state index in [2.05, 4.69) is 23.0 Å². The Kier molecular flexibility index (Phi) is 2.88. The van der Waals surface area contributed by atoms with Gasteiger partial charge in [-0.3, -0.25) is 0 Å². The molecule has 0 amide bonds. The molecule has 0 spiro atoms. The average molecular weight is 263 g/mol. The number of aryl methyl sites for hydroxylation is 2. The molecule has 3 rings (SSSR count). The summed E-state index contributed by atoms with van der Waals surface area (Å²) in [6.07, 6.45) is 3.25. The van der Waals surface area contributed by atoms with E-state index in [0.717, 1.165) is 11.0 Å². The van der Waals surface area contributed by atoms with Crippen LogP contribution in [0.2, 0.25) is 0 Å². The molecule has 0 saturated carbocycles. The largest absolute Gasteiger partial charge is 0.465 e. The number of nitriles is 1. The lowest BCUT2D eigenvalue weighted by Crippen LogP contribution is -1.83. The van der Waals surface area contributed by atoms with E-state index in [1.807, 2.05) is 19.1 Å². The average Bonchev–Trinajstić information content (AvgIpc) is 3.05. The highest BCUT2D eigenvalue weighted by atomic mass is 16.3. The normalized spacial score (nSPS) is 11.8. The maximum Gasteiger partial charge on any atom is 0.149 e. The third kappa shape index (κ3) is 2.10. The van der Waals surface area contributed by atoms with Crippen LogP contribution in [0.1, 0.15) is 22.7 Å². The SMILES string of the molecule is Cc1cc2nc(/C(C#N)=C/c3ccco3)[nH]c2cc1C. The molecule has 2 aromatic heterocycles. The zero-order valence-electron chi connectivity index (χ0n) is 11.3. The minimum absolute atomic E-state index is 0.450. The van der Waals surface area contributed by atoms with Gasteiger partial charge in [0.05, 0.1) is 22.9 Å². The van der Waals surface area contributed by atoms with E-state index >= 15 is 0 Å². The van der Waals surface area contributed by atoms with Crippen LogP contribution in [0.15, 0.2) is 34.9 Å². The molecule has 0 unspecified atom stereocenters. The van der Waals surface area contributed by atoms with E-state index in [4.69, 9.17) is 4.42 Å². The molecule has 0 radical (unpaired) electrons. The first-order valence-electron chi connectivity index (χ1n) is 6.30. The Morgan fingerprint density at radius 2 is 2.15 bits per heavy atom. The summed E-state index contributed by atoms with van der Waals surface area (Å²) < 4.78 is 5.23. The first kappa shape index (κ1) is 12.2. The van der Waals surface area contributed by atoms with Gasteiger partial charge in [0.2, 0.25) is 0 Å². The van der Waals surface area contributed by atoms with Gasteiger partial charge in [-0.25, -0.2) is 4.98 Å². The third-order valence-electron chi connectivity index (χ3n) is 3.30. The highest BCUT2D eigenvalue weighted by Gasteiger charge is 2.09. The summed E-state index contributed by atoms with van der Waals surface area (Å²) in [5.74, 6) is 1.19. The minimum atomic E-state index is 0.450. The second kappa shape index (κ2) is 4.71. The van der Waals surface area contributed by atoms with Crippen molar-refractivity contribution < 1.29 is 4.42 Å².